The number of rotatable bonds is 9. The summed E-state index contributed by atoms with van der Waals surface area (Å²) in [5.41, 5.74) is 5.88. The van der Waals surface area contributed by atoms with Crippen molar-refractivity contribution in [2.45, 2.75) is 6.54 Å². The Hall–Kier alpha value is -3.64. The molecule has 0 atom stereocenters. The lowest BCUT2D eigenvalue weighted by Gasteiger charge is -2.12. The molecule has 0 radical (unpaired) electrons. The SMILES string of the molecule is C=C(NCc1ccc(NCCNC)cc1)c1cccc2c1cnn2-c1ccc(F)cc1. The Kier molecular flexibility index (Phi) is 6.29. The molecule has 4 rings (SSSR count). The molecule has 0 aliphatic carbocycles. The predicted molar refractivity (Wildman–Crippen MR) is 126 cm³/mol. The van der Waals surface area contributed by atoms with Crippen LogP contribution in [-0.4, -0.2) is 29.9 Å². The molecular formula is C25H26FN5. The van der Waals surface area contributed by atoms with Crippen LogP contribution in [0.1, 0.15) is 11.1 Å². The lowest BCUT2D eigenvalue weighted by atomic mass is 10.1. The highest BCUT2D eigenvalue weighted by Gasteiger charge is 2.11. The maximum atomic E-state index is 13.3. The number of hydrogen-bond donors (Lipinski definition) is 3. The second kappa shape index (κ2) is 9.45. The Morgan fingerprint density at radius 3 is 2.52 bits per heavy atom. The van der Waals surface area contributed by atoms with Crippen LogP contribution >= 0.6 is 0 Å². The fourth-order valence-electron chi connectivity index (χ4n) is 3.48. The zero-order valence-electron chi connectivity index (χ0n) is 17.5. The van der Waals surface area contributed by atoms with Crippen LogP contribution in [0.25, 0.3) is 22.3 Å². The van der Waals surface area contributed by atoms with Crippen molar-refractivity contribution in [3.05, 3.63) is 96.4 Å². The lowest BCUT2D eigenvalue weighted by molar-refractivity contribution is 0.627. The Labute approximate surface area is 181 Å². The van der Waals surface area contributed by atoms with E-state index in [1.54, 1.807) is 12.1 Å². The summed E-state index contributed by atoms with van der Waals surface area (Å²) < 4.78 is 15.1. The summed E-state index contributed by atoms with van der Waals surface area (Å²) in [5, 5.41) is 15.4. The van der Waals surface area contributed by atoms with E-state index in [2.05, 4.69) is 51.9 Å². The molecule has 0 aliphatic rings. The number of halogens is 1. The fraction of sp³-hybridized carbons (Fsp3) is 0.160. The van der Waals surface area contributed by atoms with Gasteiger partial charge in [0.1, 0.15) is 5.82 Å². The van der Waals surface area contributed by atoms with E-state index in [9.17, 15) is 4.39 Å². The smallest absolute Gasteiger partial charge is 0.123 e. The number of anilines is 1. The number of aromatic nitrogens is 2. The van der Waals surface area contributed by atoms with Gasteiger partial charge in [-0.15, -0.1) is 0 Å². The molecule has 0 aliphatic heterocycles. The fourth-order valence-corrected chi connectivity index (χ4v) is 3.48. The third kappa shape index (κ3) is 4.75. The minimum absolute atomic E-state index is 0.264. The van der Waals surface area contributed by atoms with Crippen molar-refractivity contribution in [1.82, 2.24) is 20.4 Å². The molecule has 0 amide bonds. The number of nitrogens with zero attached hydrogens (tertiary/aromatic N) is 2. The molecular weight excluding hydrogens is 389 g/mol. The molecule has 5 nitrogen and oxygen atoms in total. The van der Waals surface area contributed by atoms with E-state index in [1.165, 1.54) is 17.7 Å². The van der Waals surface area contributed by atoms with E-state index in [-0.39, 0.29) is 5.82 Å². The largest absolute Gasteiger partial charge is 0.384 e. The molecule has 0 bridgehead atoms. The van der Waals surface area contributed by atoms with Crippen LogP contribution in [-0.2, 0) is 6.54 Å². The molecule has 6 heteroatoms. The molecule has 31 heavy (non-hydrogen) atoms. The Bertz CT molecular complexity index is 1160. The normalized spacial score (nSPS) is 10.9. The van der Waals surface area contributed by atoms with Gasteiger partial charge in [0, 0.05) is 42.0 Å². The summed E-state index contributed by atoms with van der Waals surface area (Å²) in [6.45, 7) is 6.73. The van der Waals surface area contributed by atoms with E-state index < -0.39 is 0 Å². The number of likely N-dealkylation sites (N-methyl/N-ethyl adjacent to an activating group) is 1. The summed E-state index contributed by atoms with van der Waals surface area (Å²) in [6, 6.07) is 20.7. The van der Waals surface area contributed by atoms with E-state index in [0.717, 1.165) is 46.6 Å². The third-order valence-corrected chi connectivity index (χ3v) is 5.17. The number of benzene rings is 3. The van der Waals surface area contributed by atoms with Crippen molar-refractivity contribution in [2.75, 3.05) is 25.5 Å². The maximum Gasteiger partial charge on any atom is 0.123 e. The quantitative estimate of drug-likeness (QED) is 0.351. The van der Waals surface area contributed by atoms with Gasteiger partial charge in [0.05, 0.1) is 17.4 Å². The average Bonchev–Trinajstić information content (AvgIpc) is 3.23. The minimum atomic E-state index is -0.264. The Balaban J connectivity index is 1.46. The van der Waals surface area contributed by atoms with Crippen molar-refractivity contribution in [3.63, 3.8) is 0 Å². The van der Waals surface area contributed by atoms with Gasteiger partial charge in [0.15, 0.2) is 0 Å². The first-order valence-corrected chi connectivity index (χ1v) is 10.3. The van der Waals surface area contributed by atoms with Crippen molar-refractivity contribution in [1.29, 1.82) is 0 Å². The topological polar surface area (TPSA) is 53.9 Å². The summed E-state index contributed by atoms with van der Waals surface area (Å²) in [5.74, 6) is -0.264. The summed E-state index contributed by atoms with van der Waals surface area (Å²) in [4.78, 5) is 0. The molecule has 0 fully saturated rings. The summed E-state index contributed by atoms with van der Waals surface area (Å²) >= 11 is 0. The molecule has 0 saturated carbocycles. The van der Waals surface area contributed by atoms with Crippen molar-refractivity contribution < 1.29 is 4.39 Å². The molecule has 3 aromatic carbocycles. The van der Waals surface area contributed by atoms with Gasteiger partial charge in [0.25, 0.3) is 0 Å². The zero-order chi connectivity index (χ0) is 21.6. The second-order valence-electron chi connectivity index (χ2n) is 7.33. The highest BCUT2D eigenvalue weighted by molar-refractivity contribution is 5.91. The maximum absolute atomic E-state index is 13.3. The first kappa shape index (κ1) is 20.6. The first-order chi connectivity index (χ1) is 15.2. The van der Waals surface area contributed by atoms with Crippen molar-refractivity contribution >= 4 is 22.3 Å². The first-order valence-electron chi connectivity index (χ1n) is 10.3. The van der Waals surface area contributed by atoms with Gasteiger partial charge in [-0.25, -0.2) is 9.07 Å². The number of hydrogen-bond acceptors (Lipinski definition) is 4. The molecule has 0 saturated heterocycles. The molecule has 1 aromatic heterocycles. The highest BCUT2D eigenvalue weighted by Crippen LogP contribution is 2.25. The van der Waals surface area contributed by atoms with Crippen LogP contribution in [0.3, 0.4) is 0 Å². The standard InChI is InChI=1S/C25H26FN5/c1-18(29-16-19-6-10-21(11-7-19)28-15-14-27-2)23-4-3-5-25-24(23)17-30-31(25)22-12-8-20(26)9-13-22/h3-13,17,27-29H,1,14-16H2,2H3. The van der Waals surface area contributed by atoms with Gasteiger partial charge in [-0.05, 0) is 55.1 Å². The van der Waals surface area contributed by atoms with Gasteiger partial charge in [-0.1, -0.05) is 30.8 Å². The van der Waals surface area contributed by atoms with E-state index in [0.29, 0.717) is 6.54 Å². The minimum Gasteiger partial charge on any atom is -0.384 e. The van der Waals surface area contributed by atoms with E-state index in [1.807, 2.05) is 36.1 Å². The van der Waals surface area contributed by atoms with Crippen LogP contribution in [0.15, 0.2) is 79.5 Å². The molecule has 0 unspecified atom stereocenters. The molecule has 158 valence electrons. The van der Waals surface area contributed by atoms with Gasteiger partial charge in [-0.2, -0.15) is 5.10 Å². The van der Waals surface area contributed by atoms with Crippen LogP contribution in [0.4, 0.5) is 10.1 Å². The molecule has 1 heterocycles. The monoisotopic (exact) mass is 415 g/mol. The number of nitrogens with one attached hydrogen (secondary N) is 3. The third-order valence-electron chi connectivity index (χ3n) is 5.17. The highest BCUT2D eigenvalue weighted by atomic mass is 19.1. The molecule has 0 spiro atoms. The van der Waals surface area contributed by atoms with E-state index in [4.69, 9.17) is 0 Å². The Morgan fingerprint density at radius 1 is 1.00 bits per heavy atom. The summed E-state index contributed by atoms with van der Waals surface area (Å²) in [7, 11) is 1.94. The van der Waals surface area contributed by atoms with Crippen LogP contribution in [0.2, 0.25) is 0 Å². The van der Waals surface area contributed by atoms with Gasteiger partial charge in [-0.3, -0.25) is 0 Å². The second-order valence-corrected chi connectivity index (χ2v) is 7.33. The molecule has 3 N–H and O–H groups in total. The summed E-state index contributed by atoms with van der Waals surface area (Å²) in [6.07, 6.45) is 1.83. The average molecular weight is 416 g/mol. The zero-order valence-corrected chi connectivity index (χ0v) is 17.5. The number of fused-ring (bicyclic) bond motifs is 1. The molecule has 4 aromatic rings. The van der Waals surface area contributed by atoms with Crippen LogP contribution in [0.5, 0.6) is 0 Å². The van der Waals surface area contributed by atoms with E-state index >= 15 is 0 Å². The van der Waals surface area contributed by atoms with Crippen LogP contribution in [0, 0.1) is 5.82 Å². The Morgan fingerprint density at radius 2 is 1.77 bits per heavy atom. The predicted octanol–water partition coefficient (Wildman–Crippen LogP) is 4.56. The van der Waals surface area contributed by atoms with Gasteiger partial charge < -0.3 is 16.0 Å². The van der Waals surface area contributed by atoms with Gasteiger partial charge in [0.2, 0.25) is 0 Å². The van der Waals surface area contributed by atoms with Gasteiger partial charge >= 0.3 is 0 Å². The van der Waals surface area contributed by atoms with Crippen molar-refractivity contribution in [3.8, 4) is 5.69 Å². The lowest BCUT2D eigenvalue weighted by Crippen LogP contribution is -2.17. The van der Waals surface area contributed by atoms with Crippen LogP contribution < -0.4 is 16.0 Å². The van der Waals surface area contributed by atoms with Crippen molar-refractivity contribution in [2.24, 2.45) is 0 Å².